The van der Waals surface area contributed by atoms with E-state index in [1.165, 1.54) is 11.8 Å². The maximum Gasteiger partial charge on any atom is 0.253 e. The van der Waals surface area contributed by atoms with Gasteiger partial charge < -0.3 is 10.6 Å². The fourth-order valence-corrected chi connectivity index (χ4v) is 3.95. The van der Waals surface area contributed by atoms with Gasteiger partial charge in [-0.3, -0.25) is 9.59 Å². The van der Waals surface area contributed by atoms with Gasteiger partial charge in [0.1, 0.15) is 0 Å². The van der Waals surface area contributed by atoms with Crippen LogP contribution < -0.4 is 10.6 Å². The number of nitrogens with one attached hydrogen (secondary N) is 2. The van der Waals surface area contributed by atoms with Gasteiger partial charge in [0, 0.05) is 10.8 Å². The van der Waals surface area contributed by atoms with E-state index in [9.17, 15) is 9.59 Å². The van der Waals surface area contributed by atoms with Crippen LogP contribution in [-0.2, 0) is 10.5 Å². The van der Waals surface area contributed by atoms with Crippen LogP contribution in [-0.4, -0.2) is 17.6 Å². The molecule has 0 heterocycles. The lowest BCUT2D eigenvalue weighted by Gasteiger charge is -2.16. The number of hydrogen-bond donors (Lipinski definition) is 2. The molecule has 2 amide bonds. The highest BCUT2D eigenvalue weighted by atomic mass is 35.5. The fourth-order valence-electron chi connectivity index (χ4n) is 2.96. The quantitative estimate of drug-likeness (QED) is 0.474. The monoisotopic (exact) mass is 438 g/mol. The van der Waals surface area contributed by atoms with Crippen LogP contribution in [0.4, 0.5) is 5.69 Å². The Morgan fingerprint density at radius 3 is 2.47 bits per heavy atom. The van der Waals surface area contributed by atoms with Crippen molar-refractivity contribution in [3.8, 4) is 0 Å². The molecular formula is C24H23ClN2O2S. The first kappa shape index (κ1) is 21.9. The summed E-state index contributed by atoms with van der Waals surface area (Å²) >= 11 is 7.48. The maximum atomic E-state index is 12.8. The van der Waals surface area contributed by atoms with Crippen molar-refractivity contribution < 1.29 is 9.59 Å². The number of para-hydroxylation sites is 1. The molecule has 2 N–H and O–H groups in total. The summed E-state index contributed by atoms with van der Waals surface area (Å²) in [5.41, 5.74) is 3.02. The number of carbonyl (C=O) groups excluding carboxylic acids is 2. The number of thioether (sulfide) groups is 1. The highest BCUT2D eigenvalue weighted by Crippen LogP contribution is 2.20. The van der Waals surface area contributed by atoms with Gasteiger partial charge in [0.05, 0.1) is 23.0 Å². The number of anilines is 1. The van der Waals surface area contributed by atoms with Gasteiger partial charge in [-0.1, -0.05) is 66.2 Å². The summed E-state index contributed by atoms with van der Waals surface area (Å²) in [5, 5.41) is 6.53. The van der Waals surface area contributed by atoms with E-state index in [1.807, 2.05) is 61.5 Å². The number of rotatable bonds is 8. The summed E-state index contributed by atoms with van der Waals surface area (Å²) in [5.74, 6) is 0.584. The Labute approximate surface area is 186 Å². The van der Waals surface area contributed by atoms with Crippen molar-refractivity contribution in [3.63, 3.8) is 0 Å². The lowest BCUT2D eigenvalue weighted by atomic mass is 10.1. The van der Waals surface area contributed by atoms with Crippen molar-refractivity contribution >= 4 is 40.9 Å². The molecule has 0 aromatic heterocycles. The van der Waals surface area contributed by atoms with Crippen LogP contribution in [0.15, 0.2) is 78.9 Å². The van der Waals surface area contributed by atoms with Crippen LogP contribution in [0.25, 0.3) is 0 Å². The van der Waals surface area contributed by atoms with E-state index >= 15 is 0 Å². The molecule has 0 spiro atoms. The minimum Gasteiger partial charge on any atom is -0.345 e. The second kappa shape index (κ2) is 10.9. The minimum absolute atomic E-state index is 0.143. The van der Waals surface area contributed by atoms with Crippen LogP contribution in [0.2, 0.25) is 5.02 Å². The predicted molar refractivity (Wildman–Crippen MR) is 125 cm³/mol. The van der Waals surface area contributed by atoms with E-state index in [-0.39, 0.29) is 23.6 Å². The molecule has 0 aliphatic heterocycles. The molecule has 3 aromatic carbocycles. The first-order valence-corrected chi connectivity index (χ1v) is 11.1. The average Bonchev–Trinajstić information content (AvgIpc) is 2.74. The Bertz CT molecular complexity index is 1010. The van der Waals surface area contributed by atoms with E-state index in [2.05, 4.69) is 10.6 Å². The van der Waals surface area contributed by atoms with Gasteiger partial charge in [0.2, 0.25) is 5.91 Å². The summed E-state index contributed by atoms with van der Waals surface area (Å²) in [6, 6.07) is 24.2. The Hall–Kier alpha value is -2.76. The molecule has 0 radical (unpaired) electrons. The summed E-state index contributed by atoms with van der Waals surface area (Å²) in [7, 11) is 0. The van der Waals surface area contributed by atoms with Crippen molar-refractivity contribution in [3.05, 3.63) is 101 Å². The third-order valence-corrected chi connectivity index (χ3v) is 5.72. The summed E-state index contributed by atoms with van der Waals surface area (Å²) in [6.07, 6.45) is 0. The Morgan fingerprint density at radius 2 is 1.70 bits per heavy atom. The van der Waals surface area contributed by atoms with Crippen molar-refractivity contribution in [1.82, 2.24) is 5.32 Å². The van der Waals surface area contributed by atoms with Crippen molar-refractivity contribution in [1.29, 1.82) is 0 Å². The highest BCUT2D eigenvalue weighted by molar-refractivity contribution is 7.99. The molecular weight excluding hydrogens is 416 g/mol. The summed E-state index contributed by atoms with van der Waals surface area (Å²) in [6.45, 7) is 1.93. The van der Waals surface area contributed by atoms with E-state index < -0.39 is 0 Å². The molecule has 0 unspecified atom stereocenters. The van der Waals surface area contributed by atoms with Gasteiger partial charge in [-0.15, -0.1) is 11.8 Å². The molecule has 0 aliphatic rings. The molecule has 3 rings (SSSR count). The third-order valence-electron chi connectivity index (χ3n) is 4.48. The van der Waals surface area contributed by atoms with Crippen LogP contribution in [0.5, 0.6) is 0 Å². The standard InChI is InChI=1S/C24H23ClN2O2S/c1-17(19-9-3-2-4-10-19)26-24(29)21-12-5-6-13-22(21)27-23(28)16-30-15-18-8-7-11-20(25)14-18/h2-14,17H,15-16H2,1H3,(H,26,29)(H,27,28)/t17-/m0/s1. The van der Waals surface area contributed by atoms with Gasteiger partial charge in [0.25, 0.3) is 5.91 Å². The summed E-state index contributed by atoms with van der Waals surface area (Å²) < 4.78 is 0. The van der Waals surface area contributed by atoms with Crippen LogP contribution >= 0.6 is 23.4 Å². The van der Waals surface area contributed by atoms with E-state index in [1.54, 1.807) is 24.3 Å². The van der Waals surface area contributed by atoms with Crippen molar-refractivity contribution in [2.45, 2.75) is 18.7 Å². The van der Waals surface area contributed by atoms with Crippen molar-refractivity contribution in [2.75, 3.05) is 11.1 Å². The molecule has 30 heavy (non-hydrogen) atoms. The largest absolute Gasteiger partial charge is 0.345 e. The number of halogens is 1. The second-order valence-electron chi connectivity index (χ2n) is 6.82. The Kier molecular flexibility index (Phi) is 7.94. The fraction of sp³-hybridized carbons (Fsp3) is 0.167. The van der Waals surface area contributed by atoms with Gasteiger partial charge in [0.15, 0.2) is 0 Å². The number of carbonyl (C=O) groups is 2. The van der Waals surface area contributed by atoms with Gasteiger partial charge in [-0.2, -0.15) is 0 Å². The second-order valence-corrected chi connectivity index (χ2v) is 8.24. The molecule has 154 valence electrons. The number of amides is 2. The SMILES string of the molecule is C[C@H](NC(=O)c1ccccc1NC(=O)CSCc1cccc(Cl)c1)c1ccccc1. The highest BCUT2D eigenvalue weighted by Gasteiger charge is 2.16. The molecule has 6 heteroatoms. The average molecular weight is 439 g/mol. The molecule has 0 bridgehead atoms. The maximum absolute atomic E-state index is 12.8. The van der Waals surface area contributed by atoms with E-state index in [0.29, 0.717) is 22.0 Å². The zero-order valence-electron chi connectivity index (χ0n) is 16.6. The van der Waals surface area contributed by atoms with E-state index in [0.717, 1.165) is 11.1 Å². The normalized spacial score (nSPS) is 11.5. The third kappa shape index (κ3) is 6.37. The molecule has 4 nitrogen and oxygen atoms in total. The lowest BCUT2D eigenvalue weighted by Crippen LogP contribution is -2.28. The summed E-state index contributed by atoms with van der Waals surface area (Å²) in [4.78, 5) is 25.2. The lowest BCUT2D eigenvalue weighted by molar-refractivity contribution is -0.113. The Morgan fingerprint density at radius 1 is 0.967 bits per heavy atom. The van der Waals surface area contributed by atoms with Crippen LogP contribution in [0, 0.1) is 0 Å². The minimum atomic E-state index is -0.228. The van der Waals surface area contributed by atoms with E-state index in [4.69, 9.17) is 11.6 Å². The molecule has 0 saturated carbocycles. The molecule has 0 saturated heterocycles. The zero-order chi connectivity index (χ0) is 21.3. The van der Waals surface area contributed by atoms with Crippen LogP contribution in [0.1, 0.15) is 34.5 Å². The van der Waals surface area contributed by atoms with Gasteiger partial charge >= 0.3 is 0 Å². The van der Waals surface area contributed by atoms with Gasteiger partial charge in [-0.05, 0) is 42.3 Å². The predicted octanol–water partition coefficient (Wildman–Crippen LogP) is 5.70. The molecule has 0 fully saturated rings. The smallest absolute Gasteiger partial charge is 0.253 e. The molecule has 3 aromatic rings. The van der Waals surface area contributed by atoms with Crippen molar-refractivity contribution in [2.24, 2.45) is 0 Å². The number of hydrogen-bond acceptors (Lipinski definition) is 3. The first-order valence-electron chi connectivity index (χ1n) is 9.60. The zero-order valence-corrected chi connectivity index (χ0v) is 18.2. The molecule has 1 atom stereocenters. The Balaban J connectivity index is 1.57. The molecule has 0 aliphatic carbocycles. The van der Waals surface area contributed by atoms with Gasteiger partial charge in [-0.25, -0.2) is 0 Å². The topological polar surface area (TPSA) is 58.2 Å². The first-order chi connectivity index (χ1) is 14.5. The van der Waals surface area contributed by atoms with Crippen LogP contribution in [0.3, 0.4) is 0 Å². The number of benzene rings is 3.